The number of nitrogen functional groups attached to an aromatic ring is 1. The van der Waals surface area contributed by atoms with Gasteiger partial charge < -0.3 is 10.7 Å². The van der Waals surface area contributed by atoms with Gasteiger partial charge in [-0.05, 0) is 30.5 Å². The van der Waals surface area contributed by atoms with Gasteiger partial charge in [0.25, 0.3) is 0 Å². The number of aromatic nitrogens is 3. The number of hydrogen-bond acceptors (Lipinski definition) is 5. The Balaban J connectivity index is 1.88. The molecule has 0 amide bonds. The smallest absolute Gasteiger partial charge is 0.199 e. The molecule has 4 nitrogen and oxygen atoms in total. The molecule has 0 unspecified atom stereocenters. The Labute approximate surface area is 135 Å². The van der Waals surface area contributed by atoms with Crippen LogP contribution in [0.3, 0.4) is 0 Å². The van der Waals surface area contributed by atoms with Crippen LogP contribution in [-0.2, 0) is 5.41 Å². The Hall–Kier alpha value is -1.50. The summed E-state index contributed by atoms with van der Waals surface area (Å²) < 4.78 is 0.548. The highest BCUT2D eigenvalue weighted by molar-refractivity contribution is 7.71. The van der Waals surface area contributed by atoms with Gasteiger partial charge in [0, 0.05) is 10.4 Å². The molecule has 21 heavy (non-hydrogen) atoms. The fraction of sp³-hybridized carbons (Fsp3) is 0.214. The van der Waals surface area contributed by atoms with Crippen molar-refractivity contribution in [3.05, 3.63) is 44.5 Å². The highest BCUT2D eigenvalue weighted by Gasteiger charge is 2.48. The zero-order valence-corrected chi connectivity index (χ0v) is 13.3. The molecule has 2 aromatic heterocycles. The molecule has 1 aliphatic carbocycles. The van der Waals surface area contributed by atoms with E-state index in [1.54, 1.807) is 11.3 Å². The molecule has 4 rings (SSSR count). The number of aromatic amines is 1. The Morgan fingerprint density at radius 2 is 1.95 bits per heavy atom. The van der Waals surface area contributed by atoms with Gasteiger partial charge in [0.15, 0.2) is 10.8 Å². The topological polar surface area (TPSA) is 67.6 Å². The van der Waals surface area contributed by atoms with Crippen LogP contribution in [-0.4, -0.2) is 15.0 Å². The Kier molecular flexibility index (Phi) is 2.82. The molecule has 0 aliphatic heterocycles. The van der Waals surface area contributed by atoms with Crippen LogP contribution < -0.4 is 5.73 Å². The Morgan fingerprint density at radius 1 is 1.24 bits per heavy atom. The number of benzene rings is 1. The molecule has 1 aliphatic rings. The standard InChI is InChI=1S/C14H11ClN4S2/c15-8-3-1-7(2-4-8)14(5-6-14)12-17-9-10(20)18-13(16)19-11(9)21-12/h1-4H,5-6H2,(H3,16,18,19,20). The zero-order chi connectivity index (χ0) is 14.6. The molecule has 3 N–H and O–H groups in total. The van der Waals surface area contributed by atoms with Crippen LogP contribution >= 0.6 is 35.2 Å². The van der Waals surface area contributed by atoms with Gasteiger partial charge >= 0.3 is 0 Å². The third-order valence-corrected chi connectivity index (χ3v) is 5.54. The highest BCUT2D eigenvalue weighted by atomic mass is 35.5. The molecule has 1 fully saturated rings. The first-order valence-electron chi connectivity index (χ1n) is 6.51. The van der Waals surface area contributed by atoms with Gasteiger partial charge in [0.1, 0.15) is 15.2 Å². The van der Waals surface area contributed by atoms with Crippen LogP contribution in [0, 0.1) is 4.64 Å². The first kappa shape index (κ1) is 13.2. The third-order valence-electron chi connectivity index (χ3n) is 3.84. The highest BCUT2D eigenvalue weighted by Crippen LogP contribution is 2.55. The number of nitrogens with one attached hydrogen (secondary N) is 1. The number of thiazole rings is 1. The summed E-state index contributed by atoms with van der Waals surface area (Å²) in [5.74, 6) is 0.332. The van der Waals surface area contributed by atoms with E-state index in [-0.39, 0.29) is 5.41 Å². The summed E-state index contributed by atoms with van der Waals surface area (Å²) in [6, 6.07) is 7.99. The van der Waals surface area contributed by atoms with Crippen LogP contribution in [0.25, 0.3) is 10.3 Å². The molecule has 2 heterocycles. The fourth-order valence-electron chi connectivity index (χ4n) is 2.57. The van der Waals surface area contributed by atoms with Crippen molar-refractivity contribution in [3.63, 3.8) is 0 Å². The summed E-state index contributed by atoms with van der Waals surface area (Å²) in [5.41, 5.74) is 7.69. The average molecular weight is 335 g/mol. The molecule has 1 saturated carbocycles. The van der Waals surface area contributed by atoms with E-state index in [1.165, 1.54) is 5.56 Å². The Bertz CT molecular complexity index is 893. The summed E-state index contributed by atoms with van der Waals surface area (Å²) in [6.45, 7) is 0. The molecule has 7 heteroatoms. The van der Waals surface area contributed by atoms with Crippen molar-refractivity contribution in [1.29, 1.82) is 0 Å². The predicted molar refractivity (Wildman–Crippen MR) is 88.5 cm³/mol. The summed E-state index contributed by atoms with van der Waals surface area (Å²) in [7, 11) is 0. The maximum Gasteiger partial charge on any atom is 0.199 e. The van der Waals surface area contributed by atoms with E-state index in [0.29, 0.717) is 10.6 Å². The third kappa shape index (κ3) is 2.06. The van der Waals surface area contributed by atoms with Crippen molar-refractivity contribution in [2.24, 2.45) is 0 Å². The van der Waals surface area contributed by atoms with Gasteiger partial charge in [-0.3, -0.25) is 0 Å². The van der Waals surface area contributed by atoms with Gasteiger partial charge in [0.2, 0.25) is 0 Å². The van der Waals surface area contributed by atoms with Crippen LogP contribution in [0.1, 0.15) is 23.4 Å². The SMILES string of the molecule is Nc1nc2sc(C3(c4ccc(Cl)cc4)CC3)nc2c(=S)[nH]1. The van der Waals surface area contributed by atoms with Gasteiger partial charge in [-0.15, -0.1) is 0 Å². The molecule has 1 aromatic carbocycles. The summed E-state index contributed by atoms with van der Waals surface area (Å²) in [4.78, 5) is 12.7. The van der Waals surface area contributed by atoms with E-state index in [9.17, 15) is 0 Å². The lowest BCUT2D eigenvalue weighted by Gasteiger charge is -2.12. The monoisotopic (exact) mass is 334 g/mol. The minimum atomic E-state index is -0.00745. The van der Waals surface area contributed by atoms with Crippen molar-refractivity contribution in [2.75, 3.05) is 5.73 Å². The lowest BCUT2D eigenvalue weighted by molar-refractivity contribution is 0.837. The molecule has 0 spiro atoms. The average Bonchev–Trinajstić information content (AvgIpc) is 3.13. The van der Waals surface area contributed by atoms with E-state index in [0.717, 1.165) is 33.2 Å². The number of anilines is 1. The van der Waals surface area contributed by atoms with Gasteiger partial charge in [-0.1, -0.05) is 47.3 Å². The second-order valence-electron chi connectivity index (χ2n) is 5.21. The molecule has 0 radical (unpaired) electrons. The first-order valence-corrected chi connectivity index (χ1v) is 8.12. The van der Waals surface area contributed by atoms with E-state index in [4.69, 9.17) is 34.5 Å². The number of halogens is 1. The second kappa shape index (κ2) is 4.50. The van der Waals surface area contributed by atoms with Crippen molar-refractivity contribution < 1.29 is 0 Å². The zero-order valence-electron chi connectivity index (χ0n) is 10.9. The number of hydrogen-bond donors (Lipinski definition) is 2. The number of H-pyrrole nitrogens is 1. The maximum absolute atomic E-state index is 5.98. The normalized spacial score (nSPS) is 16.2. The van der Waals surface area contributed by atoms with E-state index in [1.807, 2.05) is 12.1 Å². The van der Waals surface area contributed by atoms with E-state index >= 15 is 0 Å². The molecule has 0 atom stereocenters. The van der Waals surface area contributed by atoms with Crippen molar-refractivity contribution in [2.45, 2.75) is 18.3 Å². The second-order valence-corrected chi connectivity index (χ2v) is 7.04. The lowest BCUT2D eigenvalue weighted by Crippen LogP contribution is -2.07. The largest absolute Gasteiger partial charge is 0.369 e. The number of nitrogens with zero attached hydrogens (tertiary/aromatic N) is 2. The molecule has 0 bridgehead atoms. The van der Waals surface area contributed by atoms with E-state index < -0.39 is 0 Å². The summed E-state index contributed by atoms with van der Waals surface area (Å²) in [5, 5.41) is 1.80. The minimum absolute atomic E-state index is 0.00745. The van der Waals surface area contributed by atoms with Crippen molar-refractivity contribution in [3.8, 4) is 0 Å². The van der Waals surface area contributed by atoms with E-state index in [2.05, 4.69) is 22.1 Å². The number of rotatable bonds is 2. The van der Waals surface area contributed by atoms with Crippen LogP contribution in [0.15, 0.2) is 24.3 Å². The van der Waals surface area contributed by atoms with Gasteiger partial charge in [0.05, 0.1) is 0 Å². The molecular formula is C14H11ClN4S2. The minimum Gasteiger partial charge on any atom is -0.369 e. The van der Waals surface area contributed by atoms with Crippen molar-refractivity contribution >= 4 is 51.5 Å². The summed E-state index contributed by atoms with van der Waals surface area (Å²) in [6.07, 6.45) is 2.17. The van der Waals surface area contributed by atoms with Gasteiger partial charge in [-0.25, -0.2) is 9.97 Å². The molecule has 0 saturated heterocycles. The summed E-state index contributed by atoms with van der Waals surface area (Å²) >= 11 is 12.8. The Morgan fingerprint density at radius 3 is 2.62 bits per heavy atom. The lowest BCUT2D eigenvalue weighted by atomic mass is 9.97. The van der Waals surface area contributed by atoms with Gasteiger partial charge in [-0.2, -0.15) is 0 Å². The molecular weight excluding hydrogens is 324 g/mol. The van der Waals surface area contributed by atoms with Crippen molar-refractivity contribution in [1.82, 2.24) is 15.0 Å². The predicted octanol–water partition coefficient (Wildman–Crippen LogP) is 4.06. The molecule has 3 aromatic rings. The quantitative estimate of drug-likeness (QED) is 0.693. The maximum atomic E-state index is 5.98. The van der Waals surface area contributed by atoms with Crippen LogP contribution in [0.2, 0.25) is 5.02 Å². The van der Waals surface area contributed by atoms with Crippen LogP contribution in [0.5, 0.6) is 0 Å². The fourth-order valence-corrected chi connectivity index (χ4v) is 4.24. The van der Waals surface area contributed by atoms with Crippen LogP contribution in [0.4, 0.5) is 5.95 Å². The number of fused-ring (bicyclic) bond motifs is 1. The molecule has 106 valence electrons. The first-order chi connectivity index (χ1) is 10.1. The number of nitrogens with two attached hydrogens (primary N) is 1.